The Labute approximate surface area is 93.4 Å². The second-order valence-corrected chi connectivity index (χ2v) is 5.38. The number of hydrogen-bond donors (Lipinski definition) is 1. The van der Waals surface area contributed by atoms with E-state index in [9.17, 15) is 4.79 Å². The predicted octanol–water partition coefficient (Wildman–Crippen LogP) is 2.34. The largest absolute Gasteiger partial charge is 0.469 e. The standard InChI is InChI=1S/C12H25NO2/c1-6-10(13)9(7-11(14)15-5)8-12(2,3)4/h9-10H,6-8,13H2,1-5H3. The normalized spacial score (nSPS) is 15.9. The highest BCUT2D eigenvalue weighted by atomic mass is 16.5. The van der Waals surface area contributed by atoms with Crippen LogP contribution in [0.15, 0.2) is 0 Å². The lowest BCUT2D eigenvalue weighted by atomic mass is 9.79. The highest BCUT2D eigenvalue weighted by Crippen LogP contribution is 2.28. The number of carbonyl (C=O) groups excluding carboxylic acids is 1. The van der Waals surface area contributed by atoms with E-state index in [4.69, 9.17) is 10.5 Å². The van der Waals surface area contributed by atoms with E-state index in [-0.39, 0.29) is 23.3 Å². The third-order valence-electron chi connectivity index (χ3n) is 2.61. The lowest BCUT2D eigenvalue weighted by Crippen LogP contribution is -2.34. The highest BCUT2D eigenvalue weighted by Gasteiger charge is 2.25. The first-order valence-electron chi connectivity index (χ1n) is 5.62. The Morgan fingerprint density at radius 2 is 1.93 bits per heavy atom. The molecule has 0 aromatic heterocycles. The van der Waals surface area contributed by atoms with Crippen LogP contribution in [0.1, 0.15) is 47.0 Å². The van der Waals surface area contributed by atoms with Crippen LogP contribution < -0.4 is 5.73 Å². The van der Waals surface area contributed by atoms with Gasteiger partial charge in [0.2, 0.25) is 0 Å². The Morgan fingerprint density at radius 1 is 1.40 bits per heavy atom. The molecule has 0 spiro atoms. The van der Waals surface area contributed by atoms with Gasteiger partial charge in [0.15, 0.2) is 0 Å². The molecule has 0 aliphatic carbocycles. The van der Waals surface area contributed by atoms with Gasteiger partial charge < -0.3 is 10.5 Å². The zero-order chi connectivity index (χ0) is 12.1. The van der Waals surface area contributed by atoms with Gasteiger partial charge in [0, 0.05) is 12.5 Å². The van der Waals surface area contributed by atoms with Gasteiger partial charge in [-0.2, -0.15) is 0 Å². The molecule has 0 aliphatic rings. The topological polar surface area (TPSA) is 52.3 Å². The Hall–Kier alpha value is -0.570. The van der Waals surface area contributed by atoms with E-state index in [1.54, 1.807) is 0 Å². The van der Waals surface area contributed by atoms with Gasteiger partial charge >= 0.3 is 5.97 Å². The van der Waals surface area contributed by atoms with Crippen molar-refractivity contribution in [1.29, 1.82) is 0 Å². The van der Waals surface area contributed by atoms with Gasteiger partial charge in [-0.3, -0.25) is 4.79 Å². The zero-order valence-electron chi connectivity index (χ0n) is 10.7. The highest BCUT2D eigenvalue weighted by molar-refractivity contribution is 5.69. The van der Waals surface area contributed by atoms with Crippen LogP contribution >= 0.6 is 0 Å². The van der Waals surface area contributed by atoms with Crippen molar-refractivity contribution in [3.63, 3.8) is 0 Å². The van der Waals surface area contributed by atoms with Crippen molar-refractivity contribution in [2.75, 3.05) is 7.11 Å². The molecule has 0 fully saturated rings. The van der Waals surface area contributed by atoms with E-state index in [1.165, 1.54) is 7.11 Å². The van der Waals surface area contributed by atoms with E-state index in [0.29, 0.717) is 6.42 Å². The maximum Gasteiger partial charge on any atom is 0.305 e. The molecule has 2 N–H and O–H groups in total. The van der Waals surface area contributed by atoms with Gasteiger partial charge in [-0.05, 0) is 24.2 Å². The average molecular weight is 215 g/mol. The van der Waals surface area contributed by atoms with E-state index in [0.717, 1.165) is 12.8 Å². The molecular formula is C12H25NO2. The summed E-state index contributed by atoms with van der Waals surface area (Å²) >= 11 is 0. The molecule has 0 saturated heterocycles. The SMILES string of the molecule is CCC(N)C(CC(=O)OC)CC(C)(C)C. The maximum atomic E-state index is 11.3. The molecule has 0 rings (SSSR count). The summed E-state index contributed by atoms with van der Waals surface area (Å²) in [6.07, 6.45) is 2.29. The van der Waals surface area contributed by atoms with Crippen LogP contribution in [0.2, 0.25) is 0 Å². The number of methoxy groups -OCH3 is 1. The molecular weight excluding hydrogens is 190 g/mol. The van der Waals surface area contributed by atoms with Crippen molar-refractivity contribution in [1.82, 2.24) is 0 Å². The van der Waals surface area contributed by atoms with E-state index < -0.39 is 0 Å². The minimum Gasteiger partial charge on any atom is -0.469 e. The molecule has 0 radical (unpaired) electrons. The van der Waals surface area contributed by atoms with Crippen LogP contribution in [0, 0.1) is 11.3 Å². The summed E-state index contributed by atoms with van der Waals surface area (Å²) < 4.78 is 4.70. The van der Waals surface area contributed by atoms with Gasteiger partial charge in [0.25, 0.3) is 0 Å². The van der Waals surface area contributed by atoms with Crippen LogP contribution in [-0.2, 0) is 9.53 Å². The molecule has 0 aromatic carbocycles. The van der Waals surface area contributed by atoms with Crippen LogP contribution in [-0.4, -0.2) is 19.1 Å². The lowest BCUT2D eigenvalue weighted by Gasteiger charge is -2.29. The molecule has 0 aliphatic heterocycles. The van der Waals surface area contributed by atoms with Crippen molar-refractivity contribution in [2.45, 2.75) is 53.0 Å². The van der Waals surface area contributed by atoms with E-state index in [2.05, 4.69) is 27.7 Å². The molecule has 0 amide bonds. The van der Waals surface area contributed by atoms with Crippen LogP contribution in [0.3, 0.4) is 0 Å². The molecule has 3 heteroatoms. The van der Waals surface area contributed by atoms with Gasteiger partial charge in [-0.25, -0.2) is 0 Å². The molecule has 3 nitrogen and oxygen atoms in total. The number of nitrogens with two attached hydrogens (primary N) is 1. The van der Waals surface area contributed by atoms with Gasteiger partial charge in [-0.1, -0.05) is 27.7 Å². The molecule has 0 bridgehead atoms. The monoisotopic (exact) mass is 215 g/mol. The molecule has 15 heavy (non-hydrogen) atoms. The number of esters is 1. The molecule has 0 aromatic rings. The average Bonchev–Trinajstić information content (AvgIpc) is 2.13. The summed E-state index contributed by atoms with van der Waals surface area (Å²) in [7, 11) is 1.42. The van der Waals surface area contributed by atoms with E-state index in [1.807, 2.05) is 0 Å². The van der Waals surface area contributed by atoms with Crippen molar-refractivity contribution in [2.24, 2.45) is 17.1 Å². The summed E-state index contributed by atoms with van der Waals surface area (Å²) in [4.78, 5) is 11.3. The third kappa shape index (κ3) is 6.50. The Morgan fingerprint density at radius 3 is 2.27 bits per heavy atom. The van der Waals surface area contributed by atoms with E-state index >= 15 is 0 Å². The Kier molecular flexibility index (Phi) is 5.88. The minimum atomic E-state index is -0.159. The fraction of sp³-hybridized carbons (Fsp3) is 0.917. The van der Waals surface area contributed by atoms with Crippen LogP contribution in [0.5, 0.6) is 0 Å². The molecule has 0 heterocycles. The fourth-order valence-corrected chi connectivity index (χ4v) is 1.79. The number of ether oxygens (including phenoxy) is 1. The first-order chi connectivity index (χ1) is 6.80. The summed E-state index contributed by atoms with van der Waals surface area (Å²) in [6.45, 7) is 8.55. The summed E-state index contributed by atoms with van der Waals surface area (Å²) in [5.41, 5.74) is 6.22. The molecule has 0 saturated carbocycles. The van der Waals surface area contributed by atoms with Crippen LogP contribution in [0.25, 0.3) is 0 Å². The molecule has 2 atom stereocenters. The second-order valence-electron chi connectivity index (χ2n) is 5.38. The fourth-order valence-electron chi connectivity index (χ4n) is 1.79. The van der Waals surface area contributed by atoms with Crippen molar-refractivity contribution < 1.29 is 9.53 Å². The maximum absolute atomic E-state index is 11.3. The van der Waals surface area contributed by atoms with Crippen molar-refractivity contribution in [3.05, 3.63) is 0 Å². The summed E-state index contributed by atoms with van der Waals surface area (Å²) in [5.74, 6) is 0.0654. The Bertz CT molecular complexity index is 196. The van der Waals surface area contributed by atoms with Gasteiger partial charge in [0.1, 0.15) is 0 Å². The van der Waals surface area contributed by atoms with Gasteiger partial charge in [-0.15, -0.1) is 0 Å². The number of carbonyl (C=O) groups is 1. The Balaban J connectivity index is 4.38. The first kappa shape index (κ1) is 14.4. The quantitative estimate of drug-likeness (QED) is 0.716. The van der Waals surface area contributed by atoms with Crippen molar-refractivity contribution in [3.8, 4) is 0 Å². The second kappa shape index (κ2) is 6.11. The van der Waals surface area contributed by atoms with Crippen molar-refractivity contribution >= 4 is 5.97 Å². The van der Waals surface area contributed by atoms with Gasteiger partial charge in [0.05, 0.1) is 7.11 Å². The zero-order valence-corrected chi connectivity index (χ0v) is 10.7. The smallest absolute Gasteiger partial charge is 0.305 e. The summed E-state index contributed by atoms with van der Waals surface area (Å²) in [5, 5.41) is 0. The molecule has 90 valence electrons. The third-order valence-corrected chi connectivity index (χ3v) is 2.61. The summed E-state index contributed by atoms with van der Waals surface area (Å²) in [6, 6.07) is 0.0864. The predicted molar refractivity (Wildman–Crippen MR) is 62.5 cm³/mol. The van der Waals surface area contributed by atoms with Crippen LogP contribution in [0.4, 0.5) is 0 Å². The lowest BCUT2D eigenvalue weighted by molar-refractivity contribution is -0.142. The molecule has 2 unspecified atom stereocenters. The minimum absolute atomic E-state index is 0.0864. The number of hydrogen-bond acceptors (Lipinski definition) is 3. The number of rotatable bonds is 5. The first-order valence-corrected chi connectivity index (χ1v) is 5.62.